The summed E-state index contributed by atoms with van der Waals surface area (Å²) in [6.07, 6.45) is 0. The van der Waals surface area contributed by atoms with Gasteiger partial charge in [0.1, 0.15) is 5.82 Å². The molecule has 2 aromatic rings. The van der Waals surface area contributed by atoms with Crippen LogP contribution in [0.1, 0.15) is 20.7 Å². The van der Waals surface area contributed by atoms with Crippen LogP contribution in [0.15, 0.2) is 40.9 Å². The van der Waals surface area contributed by atoms with Gasteiger partial charge in [-0.2, -0.15) is 0 Å². The first kappa shape index (κ1) is 12.8. The summed E-state index contributed by atoms with van der Waals surface area (Å²) < 4.78 is 13.4. The molecule has 0 atom stereocenters. The number of halogens is 2. The second-order valence-corrected chi connectivity index (χ2v) is 5.17. The lowest BCUT2D eigenvalue weighted by Gasteiger charge is -2.14. The van der Waals surface area contributed by atoms with Gasteiger partial charge in [0.15, 0.2) is 0 Å². The summed E-state index contributed by atoms with van der Waals surface area (Å²) in [6.45, 7) is 0. The fourth-order valence-electron chi connectivity index (χ4n) is 2.17. The number of anilines is 2. The number of carbonyl (C=O) groups excluding carboxylic acids is 2. The summed E-state index contributed by atoms with van der Waals surface area (Å²) in [4.78, 5) is 25.6. The summed E-state index contributed by atoms with van der Waals surface area (Å²) in [6, 6.07) is 8.67. The minimum Gasteiger partial charge on any atom is -0.398 e. The van der Waals surface area contributed by atoms with Gasteiger partial charge >= 0.3 is 0 Å². The molecule has 0 aliphatic carbocycles. The van der Waals surface area contributed by atoms with Crippen molar-refractivity contribution in [2.45, 2.75) is 0 Å². The molecular weight excluding hydrogens is 327 g/mol. The SMILES string of the molecule is Nc1cccc2c1C(=O)N(c1ccc(F)c(Br)c1)C2=O. The Bertz CT molecular complexity index is 761. The van der Waals surface area contributed by atoms with E-state index in [0.29, 0.717) is 5.69 Å². The lowest BCUT2D eigenvalue weighted by Crippen LogP contribution is -2.29. The third-order valence-electron chi connectivity index (χ3n) is 3.11. The second-order valence-electron chi connectivity index (χ2n) is 4.31. The number of rotatable bonds is 1. The minimum absolute atomic E-state index is 0.180. The van der Waals surface area contributed by atoms with E-state index in [1.165, 1.54) is 18.2 Å². The smallest absolute Gasteiger partial charge is 0.268 e. The van der Waals surface area contributed by atoms with Gasteiger partial charge in [-0.05, 0) is 46.3 Å². The number of imide groups is 1. The van der Waals surface area contributed by atoms with Crippen molar-refractivity contribution in [3.05, 3.63) is 57.8 Å². The van der Waals surface area contributed by atoms with Crippen LogP contribution < -0.4 is 10.6 Å². The molecule has 1 heterocycles. The van der Waals surface area contributed by atoms with Gasteiger partial charge in [-0.25, -0.2) is 9.29 Å². The van der Waals surface area contributed by atoms with E-state index in [4.69, 9.17) is 5.73 Å². The molecule has 2 aromatic carbocycles. The van der Waals surface area contributed by atoms with Crippen LogP contribution in [0, 0.1) is 5.82 Å². The largest absolute Gasteiger partial charge is 0.398 e. The molecule has 0 saturated heterocycles. The maximum Gasteiger partial charge on any atom is 0.268 e. The van der Waals surface area contributed by atoms with Crippen molar-refractivity contribution in [3.8, 4) is 0 Å². The molecule has 0 aromatic heterocycles. The molecule has 0 spiro atoms. The number of hydrogen-bond acceptors (Lipinski definition) is 3. The van der Waals surface area contributed by atoms with Gasteiger partial charge in [-0.3, -0.25) is 9.59 Å². The fraction of sp³-hybridized carbons (Fsp3) is 0. The van der Waals surface area contributed by atoms with Crippen LogP contribution in [0.2, 0.25) is 0 Å². The first-order chi connectivity index (χ1) is 9.50. The van der Waals surface area contributed by atoms with Crippen molar-refractivity contribution in [1.82, 2.24) is 0 Å². The highest BCUT2D eigenvalue weighted by Gasteiger charge is 2.38. The zero-order chi connectivity index (χ0) is 14.4. The standard InChI is InChI=1S/C14H8BrFN2O2/c15-9-6-7(4-5-10(9)16)18-13(19)8-2-1-3-11(17)12(8)14(18)20/h1-6H,17H2. The Balaban J connectivity index is 2.14. The van der Waals surface area contributed by atoms with E-state index in [2.05, 4.69) is 15.9 Å². The monoisotopic (exact) mass is 334 g/mol. The number of nitrogen functional groups attached to an aromatic ring is 1. The minimum atomic E-state index is -0.499. The van der Waals surface area contributed by atoms with Crippen molar-refractivity contribution >= 4 is 39.1 Å². The van der Waals surface area contributed by atoms with E-state index in [9.17, 15) is 14.0 Å². The Morgan fingerprint density at radius 3 is 2.50 bits per heavy atom. The quantitative estimate of drug-likeness (QED) is 0.644. The number of carbonyl (C=O) groups is 2. The maximum absolute atomic E-state index is 13.3. The zero-order valence-electron chi connectivity index (χ0n) is 10.1. The lowest BCUT2D eigenvalue weighted by molar-refractivity contribution is 0.0926. The van der Waals surface area contributed by atoms with Crippen LogP contribution >= 0.6 is 15.9 Å². The van der Waals surface area contributed by atoms with Gasteiger partial charge in [0.05, 0.1) is 21.3 Å². The van der Waals surface area contributed by atoms with E-state index in [0.717, 1.165) is 4.90 Å². The molecular formula is C14H8BrFN2O2. The Morgan fingerprint density at radius 1 is 1.10 bits per heavy atom. The van der Waals surface area contributed by atoms with E-state index < -0.39 is 17.6 Å². The maximum atomic E-state index is 13.3. The molecule has 1 aliphatic heterocycles. The van der Waals surface area contributed by atoms with Gasteiger partial charge < -0.3 is 5.73 Å². The molecule has 3 rings (SSSR count). The van der Waals surface area contributed by atoms with Crippen LogP contribution in [0.3, 0.4) is 0 Å². The van der Waals surface area contributed by atoms with Crippen LogP contribution in [-0.4, -0.2) is 11.8 Å². The van der Waals surface area contributed by atoms with Crippen LogP contribution in [0.5, 0.6) is 0 Å². The molecule has 2 N–H and O–H groups in total. The van der Waals surface area contributed by atoms with Crippen LogP contribution in [-0.2, 0) is 0 Å². The van der Waals surface area contributed by atoms with Crippen LogP contribution in [0.4, 0.5) is 15.8 Å². The second kappa shape index (κ2) is 4.42. The molecule has 0 bridgehead atoms. The summed E-state index contributed by atoms with van der Waals surface area (Å²) in [5, 5.41) is 0. The van der Waals surface area contributed by atoms with Crippen molar-refractivity contribution in [3.63, 3.8) is 0 Å². The van der Waals surface area contributed by atoms with Gasteiger partial charge in [0, 0.05) is 5.69 Å². The molecule has 20 heavy (non-hydrogen) atoms. The summed E-state index contributed by atoms with van der Waals surface area (Å²) in [5.41, 5.74) is 6.75. The lowest BCUT2D eigenvalue weighted by atomic mass is 10.1. The normalized spacial score (nSPS) is 13.8. The molecule has 1 aliphatic rings. The van der Waals surface area contributed by atoms with E-state index in [-0.39, 0.29) is 21.3 Å². The number of nitrogens with zero attached hydrogens (tertiary/aromatic N) is 1. The molecule has 2 amide bonds. The molecule has 4 nitrogen and oxygen atoms in total. The van der Waals surface area contributed by atoms with Gasteiger partial charge in [0.25, 0.3) is 11.8 Å². The molecule has 0 radical (unpaired) electrons. The van der Waals surface area contributed by atoms with Gasteiger partial charge in [-0.15, -0.1) is 0 Å². The highest BCUT2D eigenvalue weighted by molar-refractivity contribution is 9.10. The van der Waals surface area contributed by atoms with E-state index in [1.54, 1.807) is 18.2 Å². The number of nitrogens with two attached hydrogens (primary N) is 1. The number of benzene rings is 2. The first-order valence-corrected chi connectivity index (χ1v) is 6.52. The molecule has 0 fully saturated rings. The van der Waals surface area contributed by atoms with Gasteiger partial charge in [0.2, 0.25) is 0 Å². The van der Waals surface area contributed by atoms with Crippen molar-refractivity contribution < 1.29 is 14.0 Å². The van der Waals surface area contributed by atoms with E-state index in [1.807, 2.05) is 0 Å². The predicted molar refractivity (Wildman–Crippen MR) is 76.1 cm³/mol. The highest BCUT2D eigenvalue weighted by atomic mass is 79.9. The predicted octanol–water partition coefficient (Wildman–Crippen LogP) is 2.97. The Labute approximate surface area is 122 Å². The summed E-state index contributed by atoms with van der Waals surface area (Å²) in [7, 11) is 0. The van der Waals surface area contributed by atoms with Crippen LogP contribution in [0.25, 0.3) is 0 Å². The average Bonchev–Trinajstić information content (AvgIpc) is 2.67. The van der Waals surface area contributed by atoms with Gasteiger partial charge in [-0.1, -0.05) is 6.07 Å². The van der Waals surface area contributed by atoms with E-state index >= 15 is 0 Å². The Morgan fingerprint density at radius 2 is 1.85 bits per heavy atom. The highest BCUT2D eigenvalue weighted by Crippen LogP contribution is 2.33. The summed E-state index contributed by atoms with van der Waals surface area (Å²) in [5.74, 6) is -1.43. The third kappa shape index (κ3) is 1.72. The van der Waals surface area contributed by atoms with Crippen molar-refractivity contribution in [2.24, 2.45) is 0 Å². The fourth-order valence-corrected chi connectivity index (χ4v) is 2.54. The molecule has 6 heteroatoms. The Kier molecular flexibility index (Phi) is 2.83. The zero-order valence-corrected chi connectivity index (χ0v) is 11.6. The first-order valence-electron chi connectivity index (χ1n) is 5.73. The number of hydrogen-bond donors (Lipinski definition) is 1. The molecule has 0 saturated carbocycles. The number of amides is 2. The molecule has 0 unspecified atom stereocenters. The van der Waals surface area contributed by atoms with Crippen molar-refractivity contribution in [2.75, 3.05) is 10.6 Å². The summed E-state index contributed by atoms with van der Waals surface area (Å²) >= 11 is 3.03. The van der Waals surface area contributed by atoms with Crippen molar-refractivity contribution in [1.29, 1.82) is 0 Å². The number of fused-ring (bicyclic) bond motifs is 1. The topological polar surface area (TPSA) is 63.4 Å². The Hall–Kier alpha value is -2.21. The average molecular weight is 335 g/mol. The molecule has 100 valence electrons. The third-order valence-corrected chi connectivity index (χ3v) is 3.72.